The number of hydrogen-bond acceptors (Lipinski definition) is 3. The van der Waals surface area contributed by atoms with Gasteiger partial charge in [0, 0.05) is 6.61 Å². The minimum Gasteiger partial charge on any atom is -0.373 e. The van der Waals surface area contributed by atoms with E-state index in [0.29, 0.717) is 5.91 Å². The lowest BCUT2D eigenvalue weighted by atomic mass is 9.97. The molecule has 3 aliphatic rings. The van der Waals surface area contributed by atoms with E-state index in [0.717, 1.165) is 45.3 Å². The first kappa shape index (κ1) is 13.4. The van der Waals surface area contributed by atoms with Crippen LogP contribution in [0.4, 0.5) is 0 Å². The van der Waals surface area contributed by atoms with Crippen molar-refractivity contribution in [1.29, 1.82) is 0 Å². The van der Waals surface area contributed by atoms with Gasteiger partial charge in [-0.15, -0.1) is 0 Å². The highest BCUT2D eigenvalue weighted by atomic mass is 16.5. The third kappa shape index (κ3) is 2.19. The van der Waals surface area contributed by atoms with Gasteiger partial charge >= 0.3 is 0 Å². The number of carbonyl (C=O) groups excluding carboxylic acids is 1. The third-order valence-corrected chi connectivity index (χ3v) is 5.14. The van der Waals surface area contributed by atoms with Crippen LogP contribution in [0.1, 0.15) is 58.8 Å². The van der Waals surface area contributed by atoms with Crippen LogP contribution in [0.3, 0.4) is 0 Å². The van der Waals surface area contributed by atoms with Gasteiger partial charge in [0.2, 0.25) is 5.91 Å². The van der Waals surface area contributed by atoms with Crippen LogP contribution in [0, 0.1) is 0 Å². The molecule has 1 aliphatic carbocycles. The van der Waals surface area contributed by atoms with E-state index in [-0.39, 0.29) is 17.3 Å². The van der Waals surface area contributed by atoms with Crippen LogP contribution in [-0.2, 0) is 9.53 Å². The quantitative estimate of drug-likeness (QED) is 0.850. The Morgan fingerprint density at radius 1 is 1.32 bits per heavy atom. The molecule has 2 heterocycles. The molecule has 3 rings (SSSR count). The van der Waals surface area contributed by atoms with E-state index in [4.69, 9.17) is 4.74 Å². The SMILES string of the molecule is CCC1NC2(CCCC2)C(=O)N1CC1(C)CCCO1. The summed E-state index contributed by atoms with van der Waals surface area (Å²) in [7, 11) is 0. The smallest absolute Gasteiger partial charge is 0.244 e. The first-order valence-corrected chi connectivity index (χ1v) is 7.81. The number of hydrogen-bond donors (Lipinski definition) is 1. The molecule has 1 N–H and O–H groups in total. The predicted octanol–water partition coefficient (Wildman–Crippen LogP) is 2.04. The molecule has 0 aromatic carbocycles. The molecule has 1 spiro atoms. The molecule has 19 heavy (non-hydrogen) atoms. The van der Waals surface area contributed by atoms with Gasteiger partial charge in [-0.1, -0.05) is 19.8 Å². The van der Waals surface area contributed by atoms with E-state index in [2.05, 4.69) is 24.1 Å². The van der Waals surface area contributed by atoms with Gasteiger partial charge in [0.05, 0.1) is 23.9 Å². The first-order valence-electron chi connectivity index (χ1n) is 7.81. The molecule has 0 bridgehead atoms. The summed E-state index contributed by atoms with van der Waals surface area (Å²) in [5, 5.41) is 3.63. The molecule has 2 aliphatic heterocycles. The number of nitrogens with one attached hydrogen (secondary N) is 1. The number of amides is 1. The van der Waals surface area contributed by atoms with E-state index in [1.165, 1.54) is 12.8 Å². The zero-order valence-corrected chi connectivity index (χ0v) is 12.2. The van der Waals surface area contributed by atoms with Gasteiger partial charge in [0.25, 0.3) is 0 Å². The highest BCUT2D eigenvalue weighted by Crippen LogP contribution is 2.38. The summed E-state index contributed by atoms with van der Waals surface area (Å²) in [6, 6.07) is 0. The standard InChI is InChI=1S/C15H26N2O2/c1-3-12-16-15(8-4-5-9-15)13(18)17(12)11-14(2)7-6-10-19-14/h12,16H,3-11H2,1-2H3. The van der Waals surface area contributed by atoms with Crippen molar-refractivity contribution < 1.29 is 9.53 Å². The van der Waals surface area contributed by atoms with Crippen LogP contribution in [0.5, 0.6) is 0 Å². The third-order valence-electron chi connectivity index (χ3n) is 5.14. The topological polar surface area (TPSA) is 41.6 Å². The molecule has 2 saturated heterocycles. The van der Waals surface area contributed by atoms with E-state index in [1.807, 2.05) is 0 Å². The molecular formula is C15H26N2O2. The lowest BCUT2D eigenvalue weighted by Gasteiger charge is -2.32. The molecule has 4 nitrogen and oxygen atoms in total. The summed E-state index contributed by atoms with van der Waals surface area (Å²) in [6.07, 6.45) is 7.74. The molecule has 0 aromatic heterocycles. The number of carbonyl (C=O) groups is 1. The highest BCUT2D eigenvalue weighted by Gasteiger charge is 2.53. The van der Waals surface area contributed by atoms with Gasteiger partial charge < -0.3 is 9.64 Å². The molecule has 0 radical (unpaired) electrons. The van der Waals surface area contributed by atoms with Crippen molar-refractivity contribution in [2.75, 3.05) is 13.2 Å². The average molecular weight is 266 g/mol. The van der Waals surface area contributed by atoms with Gasteiger partial charge in [-0.05, 0) is 39.0 Å². The Morgan fingerprint density at radius 2 is 2.05 bits per heavy atom. The Bertz CT molecular complexity index is 357. The minimum absolute atomic E-state index is 0.130. The predicted molar refractivity (Wildman–Crippen MR) is 73.7 cm³/mol. The van der Waals surface area contributed by atoms with E-state index in [9.17, 15) is 4.79 Å². The second-order valence-corrected chi connectivity index (χ2v) is 6.69. The largest absolute Gasteiger partial charge is 0.373 e. The van der Waals surface area contributed by atoms with Crippen LogP contribution in [0.15, 0.2) is 0 Å². The maximum Gasteiger partial charge on any atom is 0.244 e. The van der Waals surface area contributed by atoms with Gasteiger partial charge in [-0.25, -0.2) is 0 Å². The molecule has 4 heteroatoms. The van der Waals surface area contributed by atoms with E-state index >= 15 is 0 Å². The normalized spacial score (nSPS) is 37.7. The summed E-state index contributed by atoms with van der Waals surface area (Å²) in [5.74, 6) is 0.327. The zero-order valence-electron chi connectivity index (χ0n) is 12.2. The Labute approximate surface area is 115 Å². The van der Waals surface area contributed by atoms with Gasteiger partial charge in [-0.2, -0.15) is 0 Å². The van der Waals surface area contributed by atoms with E-state index < -0.39 is 0 Å². The molecule has 1 amide bonds. The molecule has 2 unspecified atom stereocenters. The number of nitrogens with zero attached hydrogens (tertiary/aromatic N) is 1. The molecular weight excluding hydrogens is 240 g/mol. The van der Waals surface area contributed by atoms with Crippen molar-refractivity contribution in [3.05, 3.63) is 0 Å². The van der Waals surface area contributed by atoms with Crippen LogP contribution in [0.25, 0.3) is 0 Å². The summed E-state index contributed by atoms with van der Waals surface area (Å²) >= 11 is 0. The number of ether oxygens (including phenoxy) is 1. The van der Waals surface area contributed by atoms with Crippen molar-refractivity contribution in [3.63, 3.8) is 0 Å². The maximum absolute atomic E-state index is 12.8. The molecule has 2 atom stereocenters. The van der Waals surface area contributed by atoms with Crippen molar-refractivity contribution in [3.8, 4) is 0 Å². The summed E-state index contributed by atoms with van der Waals surface area (Å²) in [6.45, 7) is 5.90. The molecule has 108 valence electrons. The lowest BCUT2D eigenvalue weighted by molar-refractivity contribution is -0.136. The molecule has 1 saturated carbocycles. The van der Waals surface area contributed by atoms with Gasteiger partial charge in [0.15, 0.2) is 0 Å². The second-order valence-electron chi connectivity index (χ2n) is 6.69. The van der Waals surface area contributed by atoms with Crippen molar-refractivity contribution in [1.82, 2.24) is 10.2 Å². The van der Waals surface area contributed by atoms with Crippen molar-refractivity contribution in [2.45, 2.75) is 76.1 Å². The average Bonchev–Trinajstić information content (AvgIpc) is 3.08. The monoisotopic (exact) mass is 266 g/mol. The highest BCUT2D eigenvalue weighted by molar-refractivity contribution is 5.89. The molecule has 3 fully saturated rings. The first-order chi connectivity index (χ1) is 9.09. The Kier molecular flexibility index (Phi) is 3.34. The summed E-state index contributed by atoms with van der Waals surface area (Å²) < 4.78 is 5.87. The fourth-order valence-electron chi connectivity index (χ4n) is 4.04. The number of rotatable bonds is 3. The fraction of sp³-hybridized carbons (Fsp3) is 0.933. The fourth-order valence-corrected chi connectivity index (χ4v) is 4.04. The van der Waals surface area contributed by atoms with Crippen LogP contribution in [-0.4, -0.2) is 41.3 Å². The van der Waals surface area contributed by atoms with Gasteiger partial charge in [-0.3, -0.25) is 10.1 Å². The summed E-state index contributed by atoms with van der Waals surface area (Å²) in [5.41, 5.74) is -0.371. The van der Waals surface area contributed by atoms with Crippen molar-refractivity contribution >= 4 is 5.91 Å². The van der Waals surface area contributed by atoms with Crippen LogP contribution >= 0.6 is 0 Å². The molecule has 0 aromatic rings. The van der Waals surface area contributed by atoms with Crippen molar-refractivity contribution in [2.24, 2.45) is 0 Å². The lowest BCUT2D eigenvalue weighted by Crippen LogP contribution is -2.47. The van der Waals surface area contributed by atoms with E-state index in [1.54, 1.807) is 0 Å². The minimum atomic E-state index is -0.240. The zero-order chi connectivity index (χ0) is 13.5. The van der Waals surface area contributed by atoms with Crippen LogP contribution in [0.2, 0.25) is 0 Å². The maximum atomic E-state index is 12.8. The van der Waals surface area contributed by atoms with Gasteiger partial charge in [0.1, 0.15) is 0 Å². The van der Waals surface area contributed by atoms with Crippen LogP contribution < -0.4 is 5.32 Å². The second kappa shape index (κ2) is 4.74. The Balaban J connectivity index is 1.77. The Hall–Kier alpha value is -0.610. The Morgan fingerprint density at radius 3 is 2.63 bits per heavy atom. The summed E-state index contributed by atoms with van der Waals surface area (Å²) in [4.78, 5) is 14.9.